The minimum absolute atomic E-state index is 0.477. The molecule has 2 aromatic rings. The molecule has 0 N–H and O–H groups in total. The van der Waals surface area contributed by atoms with Crippen LogP contribution in [0.1, 0.15) is 11.1 Å². The predicted octanol–water partition coefficient (Wildman–Crippen LogP) is 3.40. The van der Waals surface area contributed by atoms with E-state index >= 15 is 0 Å². The smallest absolute Gasteiger partial charge is 0.124 e. The van der Waals surface area contributed by atoms with Gasteiger partial charge in [0.05, 0.1) is 0 Å². The second-order valence-corrected chi connectivity index (χ2v) is 3.90. The van der Waals surface area contributed by atoms with E-state index in [1.807, 2.05) is 30.3 Å². The maximum Gasteiger partial charge on any atom is 0.124 e. The van der Waals surface area contributed by atoms with Crippen LogP contribution in [0, 0.1) is 6.92 Å². The highest BCUT2D eigenvalue weighted by atomic mass is 16.1. The predicted molar refractivity (Wildman–Crippen MR) is 66.4 cm³/mol. The number of rotatable bonds is 3. The van der Waals surface area contributed by atoms with Gasteiger partial charge in [0, 0.05) is 6.42 Å². The summed E-state index contributed by atoms with van der Waals surface area (Å²) in [5, 5.41) is 0. The van der Waals surface area contributed by atoms with Crippen molar-refractivity contribution in [3.8, 4) is 11.1 Å². The molecule has 0 aliphatic carbocycles. The van der Waals surface area contributed by atoms with E-state index in [-0.39, 0.29) is 0 Å². The standard InChI is InChI=1S/C15H14O/c1-12-7-8-14(9-10-16)15(11-12)13-5-3-2-4-6-13/h2-8,10-11H,9H2,1H3. The van der Waals surface area contributed by atoms with Gasteiger partial charge in [-0.25, -0.2) is 0 Å². The molecule has 0 fully saturated rings. The lowest BCUT2D eigenvalue weighted by molar-refractivity contribution is -0.107. The van der Waals surface area contributed by atoms with Crippen molar-refractivity contribution in [3.05, 3.63) is 59.7 Å². The zero-order valence-electron chi connectivity index (χ0n) is 9.31. The van der Waals surface area contributed by atoms with Crippen molar-refractivity contribution >= 4 is 6.29 Å². The van der Waals surface area contributed by atoms with Crippen LogP contribution in [-0.4, -0.2) is 6.29 Å². The average Bonchev–Trinajstić information content (AvgIpc) is 2.33. The summed E-state index contributed by atoms with van der Waals surface area (Å²) in [6, 6.07) is 16.4. The van der Waals surface area contributed by atoms with E-state index in [2.05, 4.69) is 25.1 Å². The molecule has 1 heteroatoms. The minimum atomic E-state index is 0.477. The lowest BCUT2D eigenvalue weighted by Gasteiger charge is -2.08. The molecule has 1 nitrogen and oxygen atoms in total. The summed E-state index contributed by atoms with van der Waals surface area (Å²) in [6.45, 7) is 2.07. The molecule has 0 amide bonds. The van der Waals surface area contributed by atoms with Gasteiger partial charge in [-0.05, 0) is 23.6 Å². The minimum Gasteiger partial charge on any atom is -0.303 e. The van der Waals surface area contributed by atoms with Crippen LogP contribution >= 0.6 is 0 Å². The number of carbonyl (C=O) groups excluding carboxylic acids is 1. The summed E-state index contributed by atoms with van der Waals surface area (Å²) < 4.78 is 0. The largest absolute Gasteiger partial charge is 0.303 e. The Balaban J connectivity index is 2.53. The molecule has 0 heterocycles. The Morgan fingerprint density at radius 2 is 1.81 bits per heavy atom. The number of hydrogen-bond acceptors (Lipinski definition) is 1. The monoisotopic (exact) mass is 210 g/mol. The molecule has 0 radical (unpaired) electrons. The van der Waals surface area contributed by atoms with Crippen LogP contribution in [0.3, 0.4) is 0 Å². The molecule has 0 aromatic heterocycles. The number of benzene rings is 2. The Morgan fingerprint density at radius 1 is 1.06 bits per heavy atom. The fourth-order valence-corrected chi connectivity index (χ4v) is 1.84. The van der Waals surface area contributed by atoms with E-state index in [1.54, 1.807) is 0 Å². The molecule has 0 saturated heterocycles. The van der Waals surface area contributed by atoms with Gasteiger partial charge in [0.1, 0.15) is 6.29 Å². The lowest BCUT2D eigenvalue weighted by atomic mass is 9.96. The van der Waals surface area contributed by atoms with Gasteiger partial charge in [-0.1, -0.05) is 54.1 Å². The van der Waals surface area contributed by atoms with Crippen LogP contribution in [0.2, 0.25) is 0 Å². The van der Waals surface area contributed by atoms with Gasteiger partial charge in [-0.3, -0.25) is 0 Å². The Labute approximate surface area is 95.7 Å². The van der Waals surface area contributed by atoms with Crippen molar-refractivity contribution in [1.82, 2.24) is 0 Å². The molecule has 0 bridgehead atoms. The molecule has 80 valence electrons. The molecule has 0 atom stereocenters. The zero-order chi connectivity index (χ0) is 11.4. The molecule has 2 rings (SSSR count). The lowest BCUT2D eigenvalue weighted by Crippen LogP contribution is -1.91. The molecule has 0 aliphatic rings. The summed E-state index contributed by atoms with van der Waals surface area (Å²) in [5.74, 6) is 0. The maximum atomic E-state index is 10.6. The first kappa shape index (κ1) is 10.6. The molecule has 0 spiro atoms. The fourth-order valence-electron chi connectivity index (χ4n) is 1.84. The molecule has 0 unspecified atom stereocenters. The van der Waals surface area contributed by atoms with Crippen LogP contribution in [0.25, 0.3) is 11.1 Å². The Morgan fingerprint density at radius 3 is 2.50 bits per heavy atom. The summed E-state index contributed by atoms with van der Waals surface area (Å²) in [4.78, 5) is 10.6. The molecule has 0 aliphatic heterocycles. The first-order valence-corrected chi connectivity index (χ1v) is 5.40. The number of carbonyl (C=O) groups is 1. The summed E-state index contributed by atoms with van der Waals surface area (Å²) >= 11 is 0. The molecular weight excluding hydrogens is 196 g/mol. The van der Waals surface area contributed by atoms with Crippen molar-refractivity contribution in [2.45, 2.75) is 13.3 Å². The maximum absolute atomic E-state index is 10.6. The molecular formula is C15H14O. The normalized spacial score (nSPS) is 10.1. The van der Waals surface area contributed by atoms with E-state index in [9.17, 15) is 4.79 Å². The highest BCUT2D eigenvalue weighted by molar-refractivity contribution is 5.71. The summed E-state index contributed by atoms with van der Waals surface area (Å²) in [7, 11) is 0. The van der Waals surface area contributed by atoms with Gasteiger partial charge in [0.25, 0.3) is 0 Å². The molecule has 2 aromatic carbocycles. The van der Waals surface area contributed by atoms with Crippen molar-refractivity contribution in [2.75, 3.05) is 0 Å². The first-order valence-electron chi connectivity index (χ1n) is 5.40. The van der Waals surface area contributed by atoms with Gasteiger partial charge in [-0.2, -0.15) is 0 Å². The third-order valence-corrected chi connectivity index (χ3v) is 2.65. The van der Waals surface area contributed by atoms with E-state index < -0.39 is 0 Å². The van der Waals surface area contributed by atoms with Gasteiger partial charge < -0.3 is 4.79 Å². The van der Waals surface area contributed by atoms with Gasteiger partial charge >= 0.3 is 0 Å². The van der Waals surface area contributed by atoms with E-state index in [0.717, 1.165) is 17.4 Å². The summed E-state index contributed by atoms with van der Waals surface area (Å²) in [5.41, 5.74) is 4.64. The second kappa shape index (κ2) is 4.75. The highest BCUT2D eigenvalue weighted by Crippen LogP contribution is 2.24. The Kier molecular flexibility index (Phi) is 3.16. The number of aryl methyl sites for hydroxylation is 1. The second-order valence-electron chi connectivity index (χ2n) is 3.90. The SMILES string of the molecule is Cc1ccc(CC=O)c(-c2ccccc2)c1. The van der Waals surface area contributed by atoms with Crippen molar-refractivity contribution in [3.63, 3.8) is 0 Å². The van der Waals surface area contributed by atoms with Crippen LogP contribution in [0.5, 0.6) is 0 Å². The quantitative estimate of drug-likeness (QED) is 0.709. The van der Waals surface area contributed by atoms with Crippen molar-refractivity contribution in [1.29, 1.82) is 0 Å². The molecule has 0 saturated carbocycles. The van der Waals surface area contributed by atoms with Gasteiger partial charge in [0.2, 0.25) is 0 Å². The van der Waals surface area contributed by atoms with Gasteiger partial charge in [-0.15, -0.1) is 0 Å². The summed E-state index contributed by atoms with van der Waals surface area (Å²) in [6.07, 6.45) is 1.43. The van der Waals surface area contributed by atoms with E-state index in [4.69, 9.17) is 0 Å². The Hall–Kier alpha value is -1.89. The molecule has 16 heavy (non-hydrogen) atoms. The fraction of sp³-hybridized carbons (Fsp3) is 0.133. The zero-order valence-corrected chi connectivity index (χ0v) is 9.31. The number of aldehydes is 1. The van der Waals surface area contributed by atoms with E-state index in [0.29, 0.717) is 6.42 Å². The van der Waals surface area contributed by atoms with Crippen LogP contribution in [-0.2, 0) is 11.2 Å². The van der Waals surface area contributed by atoms with Crippen LogP contribution < -0.4 is 0 Å². The number of hydrogen-bond donors (Lipinski definition) is 0. The van der Waals surface area contributed by atoms with Gasteiger partial charge in [0.15, 0.2) is 0 Å². The van der Waals surface area contributed by atoms with Crippen molar-refractivity contribution < 1.29 is 4.79 Å². The third kappa shape index (κ3) is 2.19. The van der Waals surface area contributed by atoms with E-state index in [1.165, 1.54) is 11.1 Å². The topological polar surface area (TPSA) is 17.1 Å². The highest BCUT2D eigenvalue weighted by Gasteiger charge is 2.04. The third-order valence-electron chi connectivity index (χ3n) is 2.65. The van der Waals surface area contributed by atoms with Crippen LogP contribution in [0.4, 0.5) is 0 Å². The Bertz CT molecular complexity index is 486. The van der Waals surface area contributed by atoms with Crippen LogP contribution in [0.15, 0.2) is 48.5 Å². The van der Waals surface area contributed by atoms with Crippen molar-refractivity contribution in [2.24, 2.45) is 0 Å². The average molecular weight is 210 g/mol. The first-order chi connectivity index (χ1) is 7.81.